The van der Waals surface area contributed by atoms with Crippen LogP contribution in [-0.2, 0) is 11.2 Å². The third kappa shape index (κ3) is 2.52. The predicted octanol–water partition coefficient (Wildman–Crippen LogP) is -0.302. The molecule has 2 aromatic rings. The van der Waals surface area contributed by atoms with Crippen LogP contribution in [0.15, 0.2) is 42.5 Å². The summed E-state index contributed by atoms with van der Waals surface area (Å²) in [7, 11) is 0. The van der Waals surface area contributed by atoms with E-state index in [-0.39, 0.29) is 52.8 Å². The Balaban J connectivity index is 0.000000980. The summed E-state index contributed by atoms with van der Waals surface area (Å²) in [5, 5.41) is 2.37. The van der Waals surface area contributed by atoms with Crippen LogP contribution in [0.25, 0.3) is 10.8 Å². The molecule has 0 fully saturated rings. The number of benzene rings is 2. The fourth-order valence-corrected chi connectivity index (χ4v) is 1.56. The maximum absolute atomic E-state index is 10.4. The van der Waals surface area contributed by atoms with Crippen LogP contribution in [0.4, 0.5) is 0 Å². The minimum Gasteiger partial charge on any atom is -1.00 e. The maximum Gasteiger partial charge on any atom is 1.00 e. The van der Waals surface area contributed by atoms with Gasteiger partial charge in [0.05, 0.1) is 0 Å². The molecule has 0 saturated carbocycles. The van der Waals surface area contributed by atoms with E-state index in [1.165, 1.54) is 10.8 Å². The second-order valence-electron chi connectivity index (χ2n) is 3.01. The van der Waals surface area contributed by atoms with E-state index in [0.29, 0.717) is 6.42 Å². The Morgan fingerprint density at radius 1 is 1.07 bits per heavy atom. The van der Waals surface area contributed by atoms with Gasteiger partial charge in [0.25, 0.3) is 0 Å². The topological polar surface area (TPSA) is 17.1 Å². The van der Waals surface area contributed by atoms with Gasteiger partial charge in [0, 0.05) is 6.42 Å². The molecule has 0 heterocycles. The average Bonchev–Trinajstić information content (AvgIpc) is 2.19. The second kappa shape index (κ2) is 5.78. The van der Waals surface area contributed by atoms with Gasteiger partial charge >= 0.3 is 51.4 Å². The Kier molecular flexibility index (Phi) is 4.99. The summed E-state index contributed by atoms with van der Waals surface area (Å²) in [6.07, 6.45) is 1.45. The molecule has 0 aliphatic rings. The van der Waals surface area contributed by atoms with Crippen LogP contribution in [0.3, 0.4) is 0 Å². The number of carbonyl (C=O) groups is 1. The Morgan fingerprint density at radius 2 is 1.79 bits per heavy atom. The van der Waals surface area contributed by atoms with Crippen molar-refractivity contribution in [2.75, 3.05) is 0 Å². The first-order valence-corrected chi connectivity index (χ1v) is 4.32. The zero-order valence-electron chi connectivity index (χ0n) is 9.23. The van der Waals surface area contributed by atoms with E-state index in [2.05, 4.69) is 12.1 Å². The monoisotopic (exact) mass is 210 g/mol. The van der Waals surface area contributed by atoms with Gasteiger partial charge in [-0.05, 0) is 16.3 Å². The van der Waals surface area contributed by atoms with E-state index in [0.717, 1.165) is 11.8 Å². The summed E-state index contributed by atoms with van der Waals surface area (Å²) in [6.45, 7) is 0. The van der Waals surface area contributed by atoms with Crippen LogP contribution in [0, 0.1) is 0 Å². The van der Waals surface area contributed by atoms with Crippen LogP contribution < -0.4 is 51.4 Å². The molecule has 0 aliphatic heterocycles. The molecule has 0 radical (unpaired) electrons. The van der Waals surface area contributed by atoms with E-state index in [1.807, 2.05) is 30.3 Å². The van der Waals surface area contributed by atoms with Crippen LogP contribution in [0.2, 0.25) is 0 Å². The van der Waals surface area contributed by atoms with Gasteiger partial charge in [-0.25, -0.2) is 0 Å². The van der Waals surface area contributed by atoms with Gasteiger partial charge in [-0.1, -0.05) is 42.5 Å². The molecular weight excluding hydrogens is 199 g/mol. The van der Waals surface area contributed by atoms with Crippen molar-refractivity contribution in [3.8, 4) is 0 Å². The quantitative estimate of drug-likeness (QED) is 0.491. The molecule has 0 atom stereocenters. The summed E-state index contributed by atoms with van der Waals surface area (Å²) < 4.78 is 0. The molecule has 2 aromatic carbocycles. The maximum atomic E-state index is 10.4. The minimum absolute atomic E-state index is 0. The Hall–Kier alpha value is 0.00636. The zero-order valence-corrected chi connectivity index (χ0v) is 11.4. The van der Waals surface area contributed by atoms with Crippen molar-refractivity contribution < 1.29 is 57.6 Å². The molecule has 0 aliphatic carbocycles. The molecule has 0 spiro atoms. The molecule has 66 valence electrons. The van der Waals surface area contributed by atoms with Crippen LogP contribution in [-0.4, -0.2) is 6.29 Å². The summed E-state index contributed by atoms with van der Waals surface area (Å²) in [4.78, 5) is 10.4. The van der Waals surface area contributed by atoms with E-state index in [4.69, 9.17) is 0 Å². The van der Waals surface area contributed by atoms with E-state index < -0.39 is 0 Å². The van der Waals surface area contributed by atoms with Crippen LogP contribution in [0.5, 0.6) is 0 Å². The smallest absolute Gasteiger partial charge is 1.00 e. The standard InChI is InChI=1S/C12H10O.K.H/c13-9-8-11-6-3-5-10-4-1-2-7-12(10)11;;/h1-7,9H,8H2;;/q;+1;-1. The normalized spacial score (nSPS) is 9.43. The molecule has 2 rings (SSSR count). The van der Waals surface area contributed by atoms with Crippen LogP contribution >= 0.6 is 0 Å². The number of hydrogen-bond donors (Lipinski definition) is 0. The van der Waals surface area contributed by atoms with Crippen molar-refractivity contribution in [2.45, 2.75) is 6.42 Å². The average molecular weight is 210 g/mol. The van der Waals surface area contributed by atoms with Crippen molar-refractivity contribution in [3.05, 3.63) is 48.0 Å². The first-order chi connectivity index (χ1) is 6.42. The molecule has 1 nitrogen and oxygen atoms in total. The van der Waals surface area contributed by atoms with Crippen molar-refractivity contribution in [1.29, 1.82) is 0 Å². The molecule has 0 unspecified atom stereocenters. The molecule has 0 bridgehead atoms. The van der Waals surface area contributed by atoms with Gasteiger partial charge in [-0.15, -0.1) is 0 Å². The number of rotatable bonds is 2. The summed E-state index contributed by atoms with van der Waals surface area (Å²) in [5.41, 5.74) is 1.10. The predicted molar refractivity (Wildman–Crippen MR) is 54.8 cm³/mol. The number of hydrogen-bond acceptors (Lipinski definition) is 1. The van der Waals surface area contributed by atoms with Crippen molar-refractivity contribution >= 4 is 17.1 Å². The molecule has 0 amide bonds. The first kappa shape index (κ1) is 12.1. The molecule has 2 heteroatoms. The van der Waals surface area contributed by atoms with Gasteiger partial charge in [0.2, 0.25) is 0 Å². The molecule has 14 heavy (non-hydrogen) atoms. The zero-order chi connectivity index (χ0) is 9.10. The van der Waals surface area contributed by atoms with E-state index >= 15 is 0 Å². The van der Waals surface area contributed by atoms with Crippen LogP contribution in [0.1, 0.15) is 6.99 Å². The molecule has 0 N–H and O–H groups in total. The Labute approximate surface area is 127 Å². The molecule has 0 aromatic heterocycles. The second-order valence-corrected chi connectivity index (χ2v) is 3.01. The largest absolute Gasteiger partial charge is 1.00 e. The first-order valence-electron chi connectivity index (χ1n) is 4.32. The Morgan fingerprint density at radius 3 is 2.57 bits per heavy atom. The minimum atomic E-state index is 0. The van der Waals surface area contributed by atoms with Gasteiger partial charge in [0.1, 0.15) is 6.29 Å². The number of fused-ring (bicyclic) bond motifs is 1. The fourth-order valence-electron chi connectivity index (χ4n) is 1.56. The van der Waals surface area contributed by atoms with E-state index in [1.54, 1.807) is 0 Å². The van der Waals surface area contributed by atoms with Crippen molar-refractivity contribution in [2.24, 2.45) is 0 Å². The summed E-state index contributed by atoms with van der Waals surface area (Å²) in [6, 6.07) is 14.2. The fraction of sp³-hybridized carbons (Fsp3) is 0.0833. The number of aldehydes is 1. The van der Waals surface area contributed by atoms with Gasteiger partial charge in [0.15, 0.2) is 0 Å². The van der Waals surface area contributed by atoms with Crippen molar-refractivity contribution in [1.82, 2.24) is 0 Å². The van der Waals surface area contributed by atoms with Gasteiger partial charge in [-0.2, -0.15) is 0 Å². The SMILES string of the molecule is O=CCc1cccc2ccccc12.[H-].[K+]. The number of carbonyl (C=O) groups excluding carboxylic acids is 1. The Bertz CT molecular complexity index is 437. The summed E-state index contributed by atoms with van der Waals surface area (Å²) >= 11 is 0. The molecule has 0 saturated heterocycles. The van der Waals surface area contributed by atoms with Gasteiger partial charge in [-0.3, -0.25) is 0 Å². The summed E-state index contributed by atoms with van der Waals surface area (Å²) in [5.74, 6) is 0. The molecular formula is C12H11KO. The third-order valence-electron chi connectivity index (χ3n) is 2.18. The third-order valence-corrected chi connectivity index (χ3v) is 2.18. The van der Waals surface area contributed by atoms with Crippen molar-refractivity contribution in [3.63, 3.8) is 0 Å². The van der Waals surface area contributed by atoms with Gasteiger partial charge < -0.3 is 6.22 Å². The van der Waals surface area contributed by atoms with E-state index in [9.17, 15) is 4.79 Å².